The molecule has 65 heavy (non-hydrogen) atoms. The minimum Gasteiger partial charge on any atom is -0.490 e. The van der Waals surface area contributed by atoms with Crippen molar-refractivity contribution in [2.45, 2.75) is 115 Å². The van der Waals surface area contributed by atoms with Crippen molar-refractivity contribution in [3.8, 4) is 0 Å². The molecule has 2 aliphatic carbocycles. The standard InChI is InChI=1S/C51H59NO13/c1-31-37(63-48(58)43(55)41(34-19-11-8-12-20-34)52-46(56)35-21-13-9-14-22-35)29-51(59)45(64-47(57)36-23-15-10-16-24-36)40-32(2)44(42(54)39(31)49(51,4)5)61-27-18-7-6-17-26-60-28-25-38-50(40,30-62-38)65-33(3)53/h8-16,19-24,37-38,40-41,43,45,55,59H,6-7,17-18,25-30H2,1-5H3,(H,52,56)/b44-32+/t37-,38+,40+,41-,43+,45-,50-,51+/m0/s1. The predicted octanol–water partition coefficient (Wildman–Crippen LogP) is 6.30. The maximum Gasteiger partial charge on any atom is 0.338 e. The molecule has 4 bridgehead atoms. The molecule has 14 nitrogen and oxygen atoms in total. The van der Waals surface area contributed by atoms with Crippen LogP contribution < -0.4 is 5.32 Å². The first kappa shape index (κ1) is 47.3. The Morgan fingerprint density at radius 3 is 2.03 bits per heavy atom. The van der Waals surface area contributed by atoms with Crippen molar-refractivity contribution in [3.63, 3.8) is 0 Å². The summed E-state index contributed by atoms with van der Waals surface area (Å²) in [4.78, 5) is 71.0. The van der Waals surface area contributed by atoms with E-state index in [0.29, 0.717) is 24.2 Å². The number of nitrogens with one attached hydrogen (secondary N) is 1. The van der Waals surface area contributed by atoms with Crippen molar-refractivity contribution in [2.75, 3.05) is 26.4 Å². The first-order valence-electron chi connectivity index (χ1n) is 22.4. The van der Waals surface area contributed by atoms with E-state index in [0.717, 1.165) is 19.3 Å². The van der Waals surface area contributed by atoms with Gasteiger partial charge in [0.25, 0.3) is 5.91 Å². The van der Waals surface area contributed by atoms with Gasteiger partial charge in [-0.05, 0) is 74.1 Å². The number of ketones is 1. The molecule has 8 atom stereocenters. The maximum atomic E-state index is 15.4. The number of rotatable bonds is 9. The fourth-order valence-electron chi connectivity index (χ4n) is 9.99. The Hall–Kier alpha value is -5.67. The van der Waals surface area contributed by atoms with Crippen LogP contribution in [0.1, 0.15) is 105 Å². The van der Waals surface area contributed by atoms with Gasteiger partial charge in [0.15, 0.2) is 17.5 Å². The third-order valence-electron chi connectivity index (χ3n) is 13.5. The third-order valence-corrected chi connectivity index (χ3v) is 13.5. The molecule has 14 heteroatoms. The van der Waals surface area contributed by atoms with Crippen LogP contribution in [-0.4, -0.2) is 102 Å². The highest BCUT2D eigenvalue weighted by Crippen LogP contribution is 2.58. The van der Waals surface area contributed by atoms with E-state index in [1.807, 2.05) is 0 Å². The minimum atomic E-state index is -2.26. The van der Waals surface area contributed by atoms with Crippen molar-refractivity contribution in [2.24, 2.45) is 11.3 Å². The van der Waals surface area contributed by atoms with Crippen LogP contribution in [0.25, 0.3) is 0 Å². The van der Waals surface area contributed by atoms with Gasteiger partial charge in [0.05, 0.1) is 30.7 Å². The number of aliphatic hydroxyl groups excluding tert-OH is 1. The fourth-order valence-corrected chi connectivity index (χ4v) is 9.99. The van der Waals surface area contributed by atoms with Crippen LogP contribution in [0.3, 0.4) is 0 Å². The number of esters is 3. The Labute approximate surface area is 379 Å². The van der Waals surface area contributed by atoms with E-state index in [1.54, 1.807) is 119 Å². The molecule has 1 amide bonds. The van der Waals surface area contributed by atoms with Gasteiger partial charge in [0, 0.05) is 49.5 Å². The summed E-state index contributed by atoms with van der Waals surface area (Å²) in [5.41, 5.74) is -3.97. The second-order valence-electron chi connectivity index (χ2n) is 17.9. The highest BCUT2D eigenvalue weighted by molar-refractivity contribution is 6.09. The number of carbonyl (C=O) groups is 5. The molecule has 0 spiro atoms. The highest BCUT2D eigenvalue weighted by Gasteiger charge is 2.70. The summed E-state index contributed by atoms with van der Waals surface area (Å²) in [7, 11) is 0. The molecule has 3 N–H and O–H groups in total. The molecule has 2 aliphatic heterocycles. The third kappa shape index (κ3) is 9.40. The van der Waals surface area contributed by atoms with E-state index < -0.39 is 89.0 Å². The number of carbonyl (C=O) groups excluding carboxylic acids is 5. The predicted molar refractivity (Wildman–Crippen MR) is 236 cm³/mol. The van der Waals surface area contributed by atoms with Crippen LogP contribution in [0.5, 0.6) is 0 Å². The number of fused-ring (bicyclic) bond motifs is 5. The Balaban J connectivity index is 1.37. The summed E-state index contributed by atoms with van der Waals surface area (Å²) in [6.45, 7) is 8.54. The van der Waals surface area contributed by atoms with Crippen LogP contribution in [-0.2, 0) is 42.8 Å². The molecule has 346 valence electrons. The number of benzene rings is 3. The molecule has 7 rings (SSSR count). The Bertz CT molecular complexity index is 2290. The topological polar surface area (TPSA) is 193 Å². The molecule has 4 aliphatic rings. The first-order valence-corrected chi connectivity index (χ1v) is 22.4. The molecular weight excluding hydrogens is 835 g/mol. The van der Waals surface area contributed by atoms with Crippen molar-refractivity contribution < 1.29 is 62.6 Å². The molecule has 1 saturated heterocycles. The average Bonchev–Trinajstić information content (AvgIpc) is 3.29. The summed E-state index contributed by atoms with van der Waals surface area (Å²) in [5.74, 6) is -5.13. The number of allylic oxidation sites excluding steroid dienone is 1. The average molecular weight is 894 g/mol. The first-order chi connectivity index (χ1) is 31.1. The van der Waals surface area contributed by atoms with Gasteiger partial charge in [-0.2, -0.15) is 0 Å². The van der Waals surface area contributed by atoms with Crippen LogP contribution >= 0.6 is 0 Å². The second kappa shape index (κ2) is 19.8. The molecule has 0 unspecified atom stereocenters. The van der Waals surface area contributed by atoms with Gasteiger partial charge in [-0.25, -0.2) is 9.59 Å². The van der Waals surface area contributed by atoms with Gasteiger partial charge in [-0.3, -0.25) is 14.4 Å². The molecular formula is C51H59NO13. The van der Waals surface area contributed by atoms with Crippen molar-refractivity contribution in [1.82, 2.24) is 5.32 Å². The molecule has 2 heterocycles. The Kier molecular flexibility index (Phi) is 14.4. The van der Waals surface area contributed by atoms with Crippen molar-refractivity contribution in [3.05, 3.63) is 130 Å². The number of hydrogen-bond donors (Lipinski definition) is 3. The van der Waals surface area contributed by atoms with E-state index >= 15 is 4.79 Å². The van der Waals surface area contributed by atoms with E-state index in [1.165, 1.54) is 6.92 Å². The molecule has 0 aromatic heterocycles. The number of ether oxygens (including phenoxy) is 6. The normalized spacial score (nSPS) is 29.0. The molecule has 3 aromatic rings. The van der Waals surface area contributed by atoms with Crippen LogP contribution in [0.4, 0.5) is 0 Å². The second-order valence-corrected chi connectivity index (χ2v) is 17.9. The monoisotopic (exact) mass is 893 g/mol. The Morgan fingerprint density at radius 1 is 0.800 bits per heavy atom. The largest absolute Gasteiger partial charge is 0.490 e. The zero-order valence-electron chi connectivity index (χ0n) is 37.6. The van der Waals surface area contributed by atoms with Gasteiger partial charge in [0.2, 0.25) is 5.78 Å². The van der Waals surface area contributed by atoms with E-state index in [9.17, 15) is 29.4 Å². The van der Waals surface area contributed by atoms with E-state index in [2.05, 4.69) is 5.32 Å². The lowest BCUT2D eigenvalue weighted by Gasteiger charge is -2.60. The van der Waals surface area contributed by atoms with Crippen LogP contribution in [0, 0.1) is 11.3 Å². The highest BCUT2D eigenvalue weighted by atomic mass is 16.6. The lowest BCUT2D eigenvalue weighted by molar-refractivity contribution is -0.296. The Morgan fingerprint density at radius 2 is 1.42 bits per heavy atom. The molecule has 0 radical (unpaired) electrons. The van der Waals surface area contributed by atoms with Crippen molar-refractivity contribution in [1.29, 1.82) is 0 Å². The summed E-state index contributed by atoms with van der Waals surface area (Å²) >= 11 is 0. The van der Waals surface area contributed by atoms with Gasteiger partial charge in [-0.15, -0.1) is 0 Å². The van der Waals surface area contributed by atoms with Crippen molar-refractivity contribution >= 4 is 29.6 Å². The maximum absolute atomic E-state index is 15.4. The number of hydrogen-bond acceptors (Lipinski definition) is 13. The lowest BCUT2D eigenvalue weighted by Crippen LogP contribution is -2.73. The van der Waals surface area contributed by atoms with Crippen LogP contribution in [0.2, 0.25) is 0 Å². The van der Waals surface area contributed by atoms with Crippen LogP contribution in [0.15, 0.2) is 113 Å². The zero-order chi connectivity index (χ0) is 46.5. The molecule has 0 saturated carbocycles. The number of aliphatic hydroxyl groups is 2. The van der Waals surface area contributed by atoms with Gasteiger partial charge in [-0.1, -0.05) is 87.0 Å². The summed E-state index contributed by atoms with van der Waals surface area (Å²) in [6, 6.07) is 23.7. The zero-order valence-corrected chi connectivity index (χ0v) is 37.6. The molecule has 3 aromatic carbocycles. The van der Waals surface area contributed by atoms with Gasteiger partial charge in [0.1, 0.15) is 23.9 Å². The number of Topliss-reactive ketones (excluding diaryl/α,β-unsaturated/α-hetero) is 1. The smallest absolute Gasteiger partial charge is 0.338 e. The van der Waals surface area contributed by atoms with Gasteiger partial charge < -0.3 is 44.0 Å². The fraction of sp³-hybridized carbons (Fsp3) is 0.471. The van der Waals surface area contributed by atoms with E-state index in [-0.39, 0.29) is 54.3 Å². The lowest BCUT2D eigenvalue weighted by atomic mass is 9.53. The number of amides is 1. The quantitative estimate of drug-likeness (QED) is 0.160. The van der Waals surface area contributed by atoms with E-state index in [4.69, 9.17) is 28.4 Å². The summed E-state index contributed by atoms with van der Waals surface area (Å²) in [5, 5.41) is 28.4. The summed E-state index contributed by atoms with van der Waals surface area (Å²) < 4.78 is 37.7. The minimum absolute atomic E-state index is 0.0540. The van der Waals surface area contributed by atoms with Gasteiger partial charge >= 0.3 is 17.9 Å². The SMILES string of the molecule is CC(=O)O[C@@]12CO[C@@H]1CCOCCCCCCO/C1=C(\C)[C@@H]2[C@H](OC(=O)c2ccccc2)[C@]2(O)C[C@H](OC(=O)[C@H](O)[C@@H](NC(=O)c3ccccc3)c3ccccc3)C(C)=C(C1=O)C2(C)C. The molecule has 1 fully saturated rings. The summed E-state index contributed by atoms with van der Waals surface area (Å²) in [6.07, 6.45) is -2.96.